The van der Waals surface area contributed by atoms with Gasteiger partial charge in [-0.15, -0.1) is 21.5 Å². The van der Waals surface area contributed by atoms with Crippen LogP contribution in [0.5, 0.6) is 0 Å². The molecule has 1 aliphatic carbocycles. The molecule has 0 radical (unpaired) electrons. The molecule has 5 rings (SSSR count). The summed E-state index contributed by atoms with van der Waals surface area (Å²) in [6.07, 6.45) is 9.31. The molecular weight excluding hydrogens is 1770 g/mol. The van der Waals surface area contributed by atoms with Crippen molar-refractivity contribution in [3.8, 4) is 0 Å². The van der Waals surface area contributed by atoms with Crippen molar-refractivity contribution in [2.45, 2.75) is 202 Å². The lowest BCUT2D eigenvalue weighted by Gasteiger charge is -2.38. The van der Waals surface area contributed by atoms with Crippen molar-refractivity contribution in [1.29, 1.82) is 5.41 Å². The number of hydrogen-bond donors (Lipinski definition) is 19. The monoisotopic (exact) mass is 1900 g/mol. The molecule has 2 heterocycles. The van der Waals surface area contributed by atoms with Crippen LogP contribution in [0, 0.1) is 12.3 Å². The van der Waals surface area contributed by atoms with Gasteiger partial charge in [0, 0.05) is 149 Å². The van der Waals surface area contributed by atoms with Gasteiger partial charge in [0.15, 0.2) is 0 Å². The number of benzene rings is 2. The number of urea groups is 1. The fourth-order valence-electron chi connectivity index (χ4n) is 13.3. The first-order valence-corrected chi connectivity index (χ1v) is 46.8. The van der Waals surface area contributed by atoms with Gasteiger partial charge >= 0.3 is 34.5 Å². The molecule has 1 saturated heterocycles. The number of nitrogens with one attached hydrogen (secondary N) is 14. The largest absolute Gasteiger partial charge is 0.700 e. The first-order valence-electron chi connectivity index (χ1n) is 43.5. The number of thioether (sulfide) groups is 1. The van der Waals surface area contributed by atoms with E-state index in [0.29, 0.717) is 67.6 Å². The van der Waals surface area contributed by atoms with Crippen molar-refractivity contribution in [2.24, 2.45) is 5.73 Å². The van der Waals surface area contributed by atoms with E-state index < -0.39 is 129 Å². The number of pyridine rings is 1. The number of ether oxygens (including phenoxy) is 4. The van der Waals surface area contributed by atoms with Crippen molar-refractivity contribution in [3.05, 3.63) is 95.8 Å². The van der Waals surface area contributed by atoms with Gasteiger partial charge in [0.2, 0.25) is 76.8 Å². The SMILES string of the molecule is Cc1ccccc1NC(=O)Nc1ccc(CC(=O)N[C@@H](CCCCNC(=O)/C=C/c2cccnc2)C(=O)N[C@@H](CCCC(=O)O)C(=O)NC2(C(=O)NCCOCCOCCNC(=O)CCC(=O)NCCOCCOCCNC(=O)CCC(=O)N[C@@H](CCCCNC(=O)CCN3C(=O)CC(SCCCC(=N)NCCCC(O)(O[P+](=O)O)O[P+](=O)O)C3=O)C(N)=O)CCCCC2)cc1. The average Bonchev–Trinajstić information content (AvgIpc) is 1.66. The van der Waals surface area contributed by atoms with E-state index in [1.807, 2.05) is 19.1 Å². The molecule has 3 aromatic rings. The highest BCUT2D eigenvalue weighted by atomic mass is 32.2. The van der Waals surface area contributed by atoms with Gasteiger partial charge in [-0.1, -0.05) is 55.7 Å². The second-order valence-corrected chi connectivity index (χ2v) is 33.2. The van der Waals surface area contributed by atoms with E-state index in [0.717, 1.165) is 22.4 Å². The first kappa shape index (κ1) is 111. The van der Waals surface area contributed by atoms with Crippen LogP contribution in [-0.4, -0.2) is 270 Å². The minimum Gasteiger partial charge on any atom is -0.481 e. The minimum absolute atomic E-state index is 0.0178. The van der Waals surface area contributed by atoms with Crippen LogP contribution in [0.25, 0.3) is 6.08 Å². The maximum atomic E-state index is 14.4. The first-order chi connectivity index (χ1) is 62.8. The molecule has 1 saturated carbocycles. The number of para-hydroxylation sites is 1. The molecule has 0 spiro atoms. The number of unbranched alkanes of at least 4 members (excludes halogenated alkanes) is 2. The lowest BCUT2D eigenvalue weighted by molar-refractivity contribution is -0.277. The molecule has 47 heteroatoms. The zero-order valence-corrected chi connectivity index (χ0v) is 76.1. The van der Waals surface area contributed by atoms with Crippen LogP contribution >= 0.6 is 28.3 Å². The van der Waals surface area contributed by atoms with Gasteiger partial charge in [0.1, 0.15) is 23.7 Å². The number of aryl methyl sites for hydroxylation is 1. The Morgan fingerprint density at radius 3 is 1.71 bits per heavy atom. The highest BCUT2D eigenvalue weighted by molar-refractivity contribution is 8.00. The van der Waals surface area contributed by atoms with Crippen LogP contribution < -0.4 is 74.9 Å². The maximum Gasteiger partial charge on any atom is 0.700 e. The Balaban J connectivity index is 0.873. The molecule has 15 amide bonds. The number of likely N-dealkylation sites (tertiary alicyclic amines) is 1. The second-order valence-electron chi connectivity index (χ2n) is 30.6. The van der Waals surface area contributed by atoms with Gasteiger partial charge in [-0.05, 0) is 146 Å². The Morgan fingerprint density at radius 2 is 1.13 bits per heavy atom. The second kappa shape index (κ2) is 63.2. The van der Waals surface area contributed by atoms with E-state index in [1.165, 1.54) is 17.8 Å². The molecule has 0 bridgehead atoms. The molecule has 20 N–H and O–H groups in total. The predicted octanol–water partition coefficient (Wildman–Crippen LogP) is 2.32. The summed E-state index contributed by atoms with van der Waals surface area (Å²) in [5, 5.41) is 62.6. The molecule has 2 aliphatic rings. The van der Waals surface area contributed by atoms with Crippen molar-refractivity contribution >= 4 is 140 Å². The molecule has 3 unspecified atom stereocenters. The van der Waals surface area contributed by atoms with Gasteiger partial charge < -0.3 is 104 Å². The Bertz CT molecular complexity index is 4260. The summed E-state index contributed by atoms with van der Waals surface area (Å²) in [5.74, 6) is -10.0. The number of aliphatic carboxylic acids is 1. The third-order valence-electron chi connectivity index (χ3n) is 20.1. The summed E-state index contributed by atoms with van der Waals surface area (Å²) in [4.78, 5) is 217. The van der Waals surface area contributed by atoms with Crippen molar-refractivity contribution in [2.75, 3.05) is 122 Å². The van der Waals surface area contributed by atoms with Crippen LogP contribution in [0.4, 0.5) is 16.2 Å². The lowest BCUT2D eigenvalue weighted by Crippen LogP contribution is -2.63. The zero-order chi connectivity index (χ0) is 95.6. The topological polar surface area (TPSA) is 649 Å². The molecular formula is C84H125N17O27P2S+2. The normalized spacial score (nSPS) is 14.8. The quantitative estimate of drug-likeness (QED) is 0.00733. The number of nitrogens with zero attached hydrogens (tertiary/aromatic N) is 2. The van der Waals surface area contributed by atoms with Gasteiger partial charge in [-0.2, -0.15) is 0 Å². The molecule has 1 aromatic heterocycles. The fourth-order valence-corrected chi connectivity index (χ4v) is 15.2. The summed E-state index contributed by atoms with van der Waals surface area (Å²) in [6, 6.07) is 13.3. The maximum absolute atomic E-state index is 14.4. The number of imide groups is 1. The number of rotatable bonds is 68. The molecule has 2 fully saturated rings. The van der Waals surface area contributed by atoms with Gasteiger partial charge in [0.05, 0.1) is 70.4 Å². The molecule has 44 nitrogen and oxygen atoms in total. The molecule has 1 aliphatic heterocycles. The van der Waals surface area contributed by atoms with Crippen LogP contribution in [0.2, 0.25) is 0 Å². The Kier molecular flexibility index (Phi) is 53.3. The van der Waals surface area contributed by atoms with Crippen LogP contribution in [-0.2, 0) is 111 Å². The van der Waals surface area contributed by atoms with Crippen LogP contribution in [0.15, 0.2) is 79.1 Å². The number of aromatic nitrogens is 1. The number of anilines is 2. The van der Waals surface area contributed by atoms with Crippen molar-refractivity contribution < 1.29 is 129 Å². The third-order valence-corrected chi connectivity index (χ3v) is 22.3. The summed E-state index contributed by atoms with van der Waals surface area (Å²) in [7, 11) is -6.71. The number of hydrogen-bond acceptors (Lipinski definition) is 27. The summed E-state index contributed by atoms with van der Waals surface area (Å²) in [5.41, 5.74) is 7.38. The number of amides is 15. The van der Waals surface area contributed by atoms with Gasteiger partial charge in [0.25, 0.3) is 0 Å². The average molecular weight is 1900 g/mol. The molecule has 2 aromatic carbocycles. The molecule has 131 heavy (non-hydrogen) atoms. The van der Waals surface area contributed by atoms with E-state index in [2.05, 4.69) is 83.1 Å². The Morgan fingerprint density at radius 1 is 0.588 bits per heavy atom. The number of nitrogens with two attached hydrogens (primary N) is 1. The number of aliphatic hydroxyl groups is 1. The number of amidine groups is 1. The van der Waals surface area contributed by atoms with Crippen LogP contribution in [0.1, 0.15) is 171 Å². The molecule has 6 atom stereocenters. The fraction of sp³-hybridized carbons (Fsp3) is 0.583. The smallest absolute Gasteiger partial charge is 0.481 e. The minimum atomic E-state index is -3.35. The van der Waals surface area contributed by atoms with E-state index >= 15 is 0 Å². The van der Waals surface area contributed by atoms with E-state index in [-0.39, 0.29) is 232 Å². The Labute approximate surface area is 765 Å². The van der Waals surface area contributed by atoms with Gasteiger partial charge in [-0.3, -0.25) is 82.4 Å². The van der Waals surface area contributed by atoms with Gasteiger partial charge in [-0.25, -0.2) is 4.79 Å². The zero-order valence-electron chi connectivity index (χ0n) is 73.5. The highest BCUT2D eigenvalue weighted by Crippen LogP contribution is 2.36. The van der Waals surface area contributed by atoms with E-state index in [4.69, 9.17) is 39.9 Å². The van der Waals surface area contributed by atoms with E-state index in [1.54, 1.807) is 67.0 Å². The lowest BCUT2D eigenvalue weighted by atomic mass is 9.80. The molecule has 722 valence electrons. The van der Waals surface area contributed by atoms with Crippen molar-refractivity contribution in [1.82, 2.24) is 68.4 Å². The predicted molar refractivity (Wildman–Crippen MR) is 478 cm³/mol. The number of carbonyl (C=O) groups excluding carboxylic acids is 14. The third kappa shape index (κ3) is 48.1. The van der Waals surface area contributed by atoms with Crippen LogP contribution in [0.3, 0.4) is 0 Å². The Hall–Kier alpha value is -11.0. The summed E-state index contributed by atoms with van der Waals surface area (Å²) in [6.45, 7) is 3.88. The standard InChI is InChI=1S/C84H123N17O27P2S/c1-58-15-3-4-17-62(58)99-82(117)95-61-26-23-59(24-27-61)55-74(108)97-64(19-6-10-38-89-68(102)28-25-60-16-12-37-87-57-60)78(113)98-65(20-11-22-76(110)111)79(114)100-83(34-7-2-8-35-83)81(116)94-44-49-126-53-52-125-47-42-92-70(104)30-29-69(103)91-41-46-123-50-51-124-48-43-93-71(105)31-32-73(107)96-63(77(86)112)18-5-9-39-90-72(106)33-45-101-75(109)56-66(80(101)115)131-54-13-21-67(85)88-40-14-36-84(118,127-129(119)120)128-130(121)122/h3-4,12,15-17,23-28,37,57,63-66,118H,2,5-11,13-14,18-22,29-36,38-56H2,1H3,(H17-2,85,86,88,89,90,91,92,93,94,95,96,97,98,99,100,102,103,104,105,106,107,108,110,111,112,113,114,116,117,119,120,121,122)/p+2/b28-25+/t63-,64-,65-,66?/m0/s1. The number of carboxylic acid groups (broad SMARTS) is 1. The van der Waals surface area contributed by atoms with E-state index in [9.17, 15) is 91.3 Å². The number of primary amides is 1. The van der Waals surface area contributed by atoms with Crippen molar-refractivity contribution in [3.63, 3.8) is 0 Å². The number of carbonyl (C=O) groups is 15. The number of carboxylic acids is 1. The highest BCUT2D eigenvalue weighted by Gasteiger charge is 2.48. The summed E-state index contributed by atoms with van der Waals surface area (Å²) < 4.78 is 52.6. The summed E-state index contributed by atoms with van der Waals surface area (Å²) >= 11 is 1.24.